The van der Waals surface area contributed by atoms with Crippen LogP contribution in [0.4, 0.5) is 0 Å². The van der Waals surface area contributed by atoms with Crippen molar-refractivity contribution in [3.05, 3.63) is 102 Å². The van der Waals surface area contributed by atoms with Gasteiger partial charge in [0.25, 0.3) is 0 Å². The molecule has 40 heavy (non-hydrogen) atoms. The number of nitrogens with zero attached hydrogens (tertiary/aromatic N) is 1. The highest BCUT2D eigenvalue weighted by atomic mass is 16.5. The van der Waals surface area contributed by atoms with Crippen LogP contribution in [0, 0.1) is 0 Å². The Morgan fingerprint density at radius 2 is 1.43 bits per heavy atom. The Balaban J connectivity index is 1.53. The first-order chi connectivity index (χ1) is 19.5. The van der Waals surface area contributed by atoms with Gasteiger partial charge in [0.15, 0.2) is 0 Å². The van der Waals surface area contributed by atoms with Crippen molar-refractivity contribution in [2.45, 2.75) is 37.8 Å². The SMILES string of the molecule is CN1CC(=O)N[C@H](Cc2ccccc2)C(=O)NCCCc2ccccc2OCCN[C@@H](Cc2ccccc2)C1=O. The van der Waals surface area contributed by atoms with Gasteiger partial charge in [0.05, 0.1) is 12.6 Å². The van der Waals surface area contributed by atoms with E-state index in [0.717, 1.165) is 35.3 Å². The molecule has 0 fully saturated rings. The number of amides is 3. The van der Waals surface area contributed by atoms with Crippen molar-refractivity contribution in [1.82, 2.24) is 20.9 Å². The minimum atomic E-state index is -0.758. The molecule has 4 rings (SSSR count). The van der Waals surface area contributed by atoms with Crippen molar-refractivity contribution in [3.63, 3.8) is 0 Å². The van der Waals surface area contributed by atoms with Crippen LogP contribution >= 0.6 is 0 Å². The Hall–Kier alpha value is -4.17. The molecule has 1 aliphatic heterocycles. The maximum atomic E-state index is 13.5. The van der Waals surface area contributed by atoms with E-state index in [1.165, 1.54) is 4.90 Å². The van der Waals surface area contributed by atoms with Crippen LogP contribution < -0.4 is 20.7 Å². The maximum Gasteiger partial charge on any atom is 0.242 e. The fourth-order valence-electron chi connectivity index (χ4n) is 4.81. The number of ether oxygens (including phenoxy) is 1. The first kappa shape index (κ1) is 28.8. The zero-order chi connectivity index (χ0) is 28.2. The van der Waals surface area contributed by atoms with E-state index in [2.05, 4.69) is 16.0 Å². The Labute approximate surface area is 236 Å². The predicted octanol–water partition coefficient (Wildman–Crippen LogP) is 2.51. The fourth-order valence-corrected chi connectivity index (χ4v) is 4.81. The van der Waals surface area contributed by atoms with E-state index in [9.17, 15) is 14.4 Å². The summed E-state index contributed by atoms with van der Waals surface area (Å²) in [5, 5.41) is 9.18. The lowest BCUT2D eigenvalue weighted by Crippen LogP contribution is -2.53. The van der Waals surface area contributed by atoms with Gasteiger partial charge in [-0.05, 0) is 42.0 Å². The van der Waals surface area contributed by atoms with Gasteiger partial charge in [0.2, 0.25) is 17.7 Å². The molecule has 0 saturated carbocycles. The third kappa shape index (κ3) is 8.68. The van der Waals surface area contributed by atoms with Gasteiger partial charge in [-0.15, -0.1) is 0 Å². The Bertz CT molecular complexity index is 1250. The number of aryl methyl sites for hydroxylation is 1. The molecule has 0 saturated heterocycles. The third-order valence-corrected chi connectivity index (χ3v) is 6.92. The van der Waals surface area contributed by atoms with Gasteiger partial charge in [-0.1, -0.05) is 78.9 Å². The van der Waals surface area contributed by atoms with Crippen molar-refractivity contribution >= 4 is 17.7 Å². The van der Waals surface area contributed by atoms with E-state index >= 15 is 0 Å². The van der Waals surface area contributed by atoms with Crippen LogP contribution in [0.5, 0.6) is 5.75 Å². The predicted molar refractivity (Wildman–Crippen MR) is 155 cm³/mol. The molecule has 1 heterocycles. The molecule has 1 aliphatic rings. The quantitative estimate of drug-likeness (QED) is 0.471. The molecule has 0 aromatic heterocycles. The summed E-state index contributed by atoms with van der Waals surface area (Å²) in [6.45, 7) is 1.16. The number of para-hydroxylation sites is 1. The van der Waals surface area contributed by atoms with E-state index in [-0.39, 0.29) is 24.3 Å². The van der Waals surface area contributed by atoms with Gasteiger partial charge in [-0.3, -0.25) is 14.4 Å². The zero-order valence-corrected chi connectivity index (χ0v) is 23.0. The molecule has 3 aromatic rings. The molecule has 210 valence electrons. The van der Waals surface area contributed by atoms with E-state index in [4.69, 9.17) is 4.74 Å². The van der Waals surface area contributed by atoms with Gasteiger partial charge in [0.1, 0.15) is 18.4 Å². The summed E-state index contributed by atoms with van der Waals surface area (Å²) in [6, 6.07) is 25.9. The topological polar surface area (TPSA) is 99.8 Å². The van der Waals surface area contributed by atoms with E-state index in [1.807, 2.05) is 84.9 Å². The Morgan fingerprint density at radius 3 is 2.12 bits per heavy atom. The second kappa shape index (κ2) is 14.8. The molecule has 8 nitrogen and oxygen atoms in total. The molecule has 0 radical (unpaired) electrons. The maximum absolute atomic E-state index is 13.5. The molecule has 3 N–H and O–H groups in total. The first-order valence-electron chi connectivity index (χ1n) is 13.8. The molecule has 2 atom stereocenters. The number of carbonyl (C=O) groups is 3. The van der Waals surface area contributed by atoms with Crippen LogP contribution in [0.1, 0.15) is 23.1 Å². The van der Waals surface area contributed by atoms with Crippen molar-refractivity contribution in [1.29, 1.82) is 0 Å². The smallest absolute Gasteiger partial charge is 0.242 e. The minimum Gasteiger partial charge on any atom is -0.492 e. The lowest BCUT2D eigenvalue weighted by atomic mass is 10.0. The summed E-state index contributed by atoms with van der Waals surface area (Å²) >= 11 is 0. The normalized spacial score (nSPS) is 19.8. The standard InChI is InChI=1S/C32H38N4O4/c1-36-23-30(37)35-27(21-24-11-4-2-5-12-24)31(38)34-18-10-16-26-15-8-9-17-29(26)40-20-19-33-28(32(36)39)22-25-13-6-3-7-14-25/h2-9,11-15,17,27-28,33H,10,16,18-23H2,1H3,(H,34,38)(H,35,37)/t27-,28+/m1/s1. The van der Waals surface area contributed by atoms with Crippen molar-refractivity contribution in [2.75, 3.05) is 33.3 Å². The van der Waals surface area contributed by atoms with Crippen molar-refractivity contribution < 1.29 is 19.1 Å². The molecule has 3 amide bonds. The highest BCUT2D eigenvalue weighted by Crippen LogP contribution is 2.19. The first-order valence-corrected chi connectivity index (χ1v) is 13.8. The highest BCUT2D eigenvalue weighted by molar-refractivity contribution is 5.91. The number of benzene rings is 3. The fraction of sp³-hybridized carbons (Fsp3) is 0.344. The molecular weight excluding hydrogens is 504 g/mol. The van der Waals surface area contributed by atoms with Gasteiger partial charge in [0, 0.05) is 26.6 Å². The zero-order valence-electron chi connectivity index (χ0n) is 23.0. The van der Waals surface area contributed by atoms with Crippen molar-refractivity contribution in [2.24, 2.45) is 0 Å². The average molecular weight is 543 g/mol. The summed E-state index contributed by atoms with van der Waals surface area (Å²) in [5.74, 6) is -0.0391. The molecule has 8 heteroatoms. The summed E-state index contributed by atoms with van der Waals surface area (Å²) in [4.78, 5) is 41.1. The van der Waals surface area contributed by atoms with Crippen LogP contribution in [-0.4, -0.2) is 68.0 Å². The van der Waals surface area contributed by atoms with E-state index in [1.54, 1.807) is 7.05 Å². The minimum absolute atomic E-state index is 0.158. The number of likely N-dealkylation sites (N-methyl/N-ethyl adjacent to an activating group) is 1. The van der Waals surface area contributed by atoms with Gasteiger partial charge in [-0.2, -0.15) is 0 Å². The molecular formula is C32H38N4O4. The molecule has 3 aromatic carbocycles. The van der Waals surface area contributed by atoms with Crippen LogP contribution in [0.2, 0.25) is 0 Å². The monoisotopic (exact) mass is 542 g/mol. The van der Waals surface area contributed by atoms with Gasteiger partial charge >= 0.3 is 0 Å². The molecule has 0 aliphatic carbocycles. The summed E-state index contributed by atoms with van der Waals surface area (Å²) < 4.78 is 6.08. The van der Waals surface area contributed by atoms with E-state index in [0.29, 0.717) is 32.5 Å². The van der Waals surface area contributed by atoms with Crippen LogP contribution in [0.25, 0.3) is 0 Å². The van der Waals surface area contributed by atoms with Gasteiger partial charge < -0.3 is 25.6 Å². The number of hydrogen-bond donors (Lipinski definition) is 3. The second-order valence-electron chi connectivity index (χ2n) is 10.1. The summed E-state index contributed by atoms with van der Waals surface area (Å²) in [7, 11) is 1.61. The number of hydrogen-bond acceptors (Lipinski definition) is 5. The molecule has 0 unspecified atom stereocenters. The van der Waals surface area contributed by atoms with E-state index < -0.39 is 12.1 Å². The van der Waals surface area contributed by atoms with Crippen LogP contribution in [-0.2, 0) is 33.6 Å². The summed E-state index contributed by atoms with van der Waals surface area (Å²) in [6.07, 6.45) is 2.29. The Morgan fingerprint density at radius 1 is 0.800 bits per heavy atom. The van der Waals surface area contributed by atoms with Crippen molar-refractivity contribution in [3.8, 4) is 5.75 Å². The number of rotatable bonds is 4. The Kier molecular flexibility index (Phi) is 10.7. The lowest BCUT2D eigenvalue weighted by Gasteiger charge is -2.26. The second-order valence-corrected chi connectivity index (χ2v) is 10.1. The number of carbonyl (C=O) groups excluding carboxylic acids is 3. The number of fused-ring (bicyclic) bond motifs is 1. The summed E-state index contributed by atoms with van der Waals surface area (Å²) in [5.41, 5.74) is 3.01. The largest absolute Gasteiger partial charge is 0.492 e. The average Bonchev–Trinajstić information content (AvgIpc) is 2.97. The highest BCUT2D eigenvalue weighted by Gasteiger charge is 2.26. The lowest BCUT2D eigenvalue weighted by molar-refractivity contribution is -0.137. The van der Waals surface area contributed by atoms with Crippen LogP contribution in [0.3, 0.4) is 0 Å². The number of nitrogens with one attached hydrogen (secondary N) is 3. The van der Waals surface area contributed by atoms with Crippen LogP contribution in [0.15, 0.2) is 84.9 Å². The molecule has 0 spiro atoms. The third-order valence-electron chi connectivity index (χ3n) is 6.92. The molecule has 0 bridgehead atoms. The van der Waals surface area contributed by atoms with Gasteiger partial charge in [-0.25, -0.2) is 0 Å².